The molecule has 0 radical (unpaired) electrons. The lowest BCUT2D eigenvalue weighted by Gasteiger charge is -2.16. The summed E-state index contributed by atoms with van der Waals surface area (Å²) in [7, 11) is 0. The molecule has 142 valence electrons. The average Bonchev–Trinajstić information content (AvgIpc) is 3.12. The Morgan fingerprint density at radius 1 is 1.11 bits per heavy atom. The Morgan fingerprint density at radius 2 is 1.74 bits per heavy atom. The van der Waals surface area contributed by atoms with Crippen molar-refractivity contribution in [2.75, 3.05) is 24.5 Å². The van der Waals surface area contributed by atoms with E-state index in [1.165, 1.54) is 5.56 Å². The smallest absolute Gasteiger partial charge is 0.321 e. The van der Waals surface area contributed by atoms with Crippen LogP contribution in [0.1, 0.15) is 47.3 Å². The summed E-state index contributed by atoms with van der Waals surface area (Å²) in [6.07, 6.45) is 0. The molecule has 1 aliphatic rings. The van der Waals surface area contributed by atoms with Crippen molar-refractivity contribution in [3.05, 3.63) is 65.2 Å². The van der Waals surface area contributed by atoms with Gasteiger partial charge in [-0.15, -0.1) is 0 Å². The van der Waals surface area contributed by atoms with Crippen molar-refractivity contribution in [3.8, 4) is 0 Å². The van der Waals surface area contributed by atoms with Crippen molar-refractivity contribution in [1.29, 1.82) is 0 Å². The summed E-state index contributed by atoms with van der Waals surface area (Å²) < 4.78 is 0. The molecule has 1 fully saturated rings. The first-order valence-corrected chi connectivity index (χ1v) is 9.25. The van der Waals surface area contributed by atoms with Crippen LogP contribution in [0, 0.1) is 0 Å². The molecule has 6 nitrogen and oxygen atoms in total. The molecule has 0 bridgehead atoms. The second-order valence-electron chi connectivity index (χ2n) is 7.07. The number of nitrogens with one attached hydrogen (secondary N) is 2. The molecular formula is C21H26N4O2. The summed E-state index contributed by atoms with van der Waals surface area (Å²) in [5.41, 5.74) is 9.79. The summed E-state index contributed by atoms with van der Waals surface area (Å²) in [5.74, 6) is 0.297. The van der Waals surface area contributed by atoms with Gasteiger partial charge in [0.2, 0.25) is 0 Å². The fraction of sp³-hybridized carbons (Fsp3) is 0.333. The van der Waals surface area contributed by atoms with Crippen molar-refractivity contribution < 1.29 is 9.59 Å². The first-order valence-electron chi connectivity index (χ1n) is 9.25. The molecular weight excluding hydrogens is 340 g/mol. The van der Waals surface area contributed by atoms with E-state index >= 15 is 0 Å². The van der Waals surface area contributed by atoms with Gasteiger partial charge in [0, 0.05) is 36.9 Å². The van der Waals surface area contributed by atoms with Gasteiger partial charge in [-0.3, -0.25) is 9.69 Å². The van der Waals surface area contributed by atoms with Gasteiger partial charge < -0.3 is 16.4 Å². The lowest BCUT2D eigenvalue weighted by atomic mass is 9.99. The number of carbonyl (C=O) groups is 2. The van der Waals surface area contributed by atoms with Crippen LogP contribution in [0.3, 0.4) is 0 Å². The number of hydrogen-bond acceptors (Lipinski definition) is 3. The van der Waals surface area contributed by atoms with Gasteiger partial charge in [0.15, 0.2) is 0 Å². The fourth-order valence-electron chi connectivity index (χ4n) is 3.06. The van der Waals surface area contributed by atoms with Crippen molar-refractivity contribution in [2.45, 2.75) is 25.8 Å². The van der Waals surface area contributed by atoms with Crippen molar-refractivity contribution >= 4 is 17.6 Å². The molecule has 1 saturated heterocycles. The maximum absolute atomic E-state index is 12.4. The molecule has 1 unspecified atom stereocenters. The Hall–Kier alpha value is -2.86. The average molecular weight is 366 g/mol. The zero-order valence-corrected chi connectivity index (χ0v) is 15.7. The number of nitrogens with two attached hydrogens (primary N) is 1. The zero-order chi connectivity index (χ0) is 19.4. The van der Waals surface area contributed by atoms with Gasteiger partial charge in [-0.1, -0.05) is 38.1 Å². The van der Waals surface area contributed by atoms with Crippen molar-refractivity contribution in [1.82, 2.24) is 10.6 Å². The Kier molecular flexibility index (Phi) is 5.76. The minimum atomic E-state index is -0.261. The molecule has 1 heterocycles. The van der Waals surface area contributed by atoms with E-state index in [2.05, 4.69) is 36.6 Å². The highest BCUT2D eigenvalue weighted by Crippen LogP contribution is 2.19. The van der Waals surface area contributed by atoms with E-state index in [4.69, 9.17) is 5.73 Å². The standard InChI is InChI=1S/C21H26N4O2/c1-14(2)15-3-5-16(6-4-15)19(22)13-24-20(26)17-7-9-18(10-8-17)25-12-11-23-21(25)27/h3-10,14,19H,11-13,22H2,1-2H3,(H,23,27)(H,24,26). The largest absolute Gasteiger partial charge is 0.350 e. The normalized spacial score (nSPS) is 15.0. The zero-order valence-electron chi connectivity index (χ0n) is 15.7. The molecule has 0 aromatic heterocycles. The fourth-order valence-corrected chi connectivity index (χ4v) is 3.06. The molecule has 6 heteroatoms. The van der Waals surface area contributed by atoms with Crippen LogP contribution in [0.2, 0.25) is 0 Å². The van der Waals surface area contributed by atoms with Gasteiger partial charge in [0.05, 0.1) is 0 Å². The molecule has 1 aliphatic heterocycles. The molecule has 3 amide bonds. The quantitative estimate of drug-likeness (QED) is 0.735. The van der Waals surface area contributed by atoms with Crippen LogP contribution in [0.5, 0.6) is 0 Å². The van der Waals surface area contributed by atoms with Gasteiger partial charge in [0.25, 0.3) is 5.91 Å². The number of anilines is 1. The number of rotatable bonds is 6. The topological polar surface area (TPSA) is 87.5 Å². The third kappa shape index (κ3) is 4.46. The molecule has 4 N–H and O–H groups in total. The predicted molar refractivity (Wildman–Crippen MR) is 107 cm³/mol. The van der Waals surface area contributed by atoms with Crippen LogP contribution in [0.25, 0.3) is 0 Å². The Labute approximate surface area is 159 Å². The van der Waals surface area contributed by atoms with Crippen LogP contribution in [-0.2, 0) is 0 Å². The van der Waals surface area contributed by atoms with E-state index in [1.54, 1.807) is 29.2 Å². The first kappa shape index (κ1) is 18.9. The summed E-state index contributed by atoms with van der Waals surface area (Å²) in [6, 6.07) is 14.8. The van der Waals surface area contributed by atoms with E-state index in [0.717, 1.165) is 11.3 Å². The Morgan fingerprint density at radius 3 is 2.30 bits per heavy atom. The maximum atomic E-state index is 12.4. The maximum Gasteiger partial charge on any atom is 0.321 e. The Balaban J connectivity index is 1.56. The van der Waals surface area contributed by atoms with Gasteiger partial charge in [-0.25, -0.2) is 4.79 Å². The monoisotopic (exact) mass is 366 g/mol. The number of nitrogens with zero attached hydrogens (tertiary/aromatic N) is 1. The van der Waals surface area contributed by atoms with Crippen LogP contribution in [0.15, 0.2) is 48.5 Å². The van der Waals surface area contributed by atoms with Crippen molar-refractivity contribution in [3.63, 3.8) is 0 Å². The Bertz CT molecular complexity index is 800. The van der Waals surface area contributed by atoms with E-state index < -0.39 is 0 Å². The minimum absolute atomic E-state index is 0.110. The third-order valence-electron chi connectivity index (χ3n) is 4.81. The number of carbonyl (C=O) groups excluding carboxylic acids is 2. The van der Waals surface area contributed by atoms with Gasteiger partial charge in [0.1, 0.15) is 0 Å². The highest BCUT2D eigenvalue weighted by molar-refractivity contribution is 5.97. The highest BCUT2D eigenvalue weighted by atomic mass is 16.2. The number of benzene rings is 2. The van der Waals surface area contributed by atoms with E-state index in [-0.39, 0.29) is 18.0 Å². The molecule has 27 heavy (non-hydrogen) atoms. The van der Waals surface area contributed by atoms with Crippen LogP contribution in [-0.4, -0.2) is 31.6 Å². The van der Waals surface area contributed by atoms with E-state index in [9.17, 15) is 9.59 Å². The second kappa shape index (κ2) is 8.22. The second-order valence-corrected chi connectivity index (χ2v) is 7.07. The number of urea groups is 1. The molecule has 0 saturated carbocycles. The lowest BCUT2D eigenvalue weighted by molar-refractivity contribution is 0.0951. The summed E-state index contributed by atoms with van der Waals surface area (Å²) in [5, 5.41) is 5.63. The highest BCUT2D eigenvalue weighted by Gasteiger charge is 2.21. The van der Waals surface area contributed by atoms with E-state index in [1.807, 2.05) is 12.1 Å². The molecule has 2 aromatic rings. The van der Waals surface area contributed by atoms with Gasteiger partial charge in [-0.05, 0) is 41.3 Å². The van der Waals surface area contributed by atoms with Crippen LogP contribution in [0.4, 0.5) is 10.5 Å². The van der Waals surface area contributed by atoms with Crippen LogP contribution < -0.4 is 21.3 Å². The number of hydrogen-bond donors (Lipinski definition) is 3. The molecule has 1 atom stereocenters. The van der Waals surface area contributed by atoms with Gasteiger partial charge in [-0.2, -0.15) is 0 Å². The third-order valence-corrected chi connectivity index (χ3v) is 4.81. The number of amides is 3. The molecule has 0 aliphatic carbocycles. The summed E-state index contributed by atoms with van der Waals surface area (Å²) in [4.78, 5) is 25.7. The molecule has 2 aromatic carbocycles. The minimum Gasteiger partial charge on any atom is -0.350 e. The SMILES string of the molecule is CC(C)c1ccc(C(N)CNC(=O)c2ccc(N3CCNC3=O)cc2)cc1. The molecule has 3 rings (SSSR count). The first-order chi connectivity index (χ1) is 13.0. The summed E-state index contributed by atoms with van der Waals surface area (Å²) >= 11 is 0. The lowest BCUT2D eigenvalue weighted by Crippen LogP contribution is -2.32. The van der Waals surface area contributed by atoms with Gasteiger partial charge >= 0.3 is 6.03 Å². The van der Waals surface area contributed by atoms with E-state index in [0.29, 0.717) is 31.1 Å². The molecule has 0 spiro atoms. The van der Waals surface area contributed by atoms with Crippen LogP contribution >= 0.6 is 0 Å². The summed E-state index contributed by atoms with van der Waals surface area (Å²) in [6.45, 7) is 5.93. The predicted octanol–water partition coefficient (Wildman–Crippen LogP) is 2.77. The van der Waals surface area contributed by atoms with Crippen molar-refractivity contribution in [2.24, 2.45) is 5.73 Å².